The van der Waals surface area contributed by atoms with Crippen molar-refractivity contribution in [3.05, 3.63) is 12.7 Å². The summed E-state index contributed by atoms with van der Waals surface area (Å²) in [5.41, 5.74) is -1.09. The quantitative estimate of drug-likeness (QED) is 0.297. The maximum absolute atomic E-state index is 13.7. The van der Waals surface area contributed by atoms with Gasteiger partial charge in [-0.15, -0.1) is 6.58 Å². The van der Waals surface area contributed by atoms with E-state index in [1.165, 1.54) is 4.90 Å². The fourth-order valence-electron chi connectivity index (χ4n) is 5.25. The Morgan fingerprint density at radius 2 is 2.20 bits per heavy atom. The van der Waals surface area contributed by atoms with Gasteiger partial charge in [-0.1, -0.05) is 22.0 Å². The van der Waals surface area contributed by atoms with Crippen molar-refractivity contribution in [3.8, 4) is 0 Å². The van der Waals surface area contributed by atoms with Gasteiger partial charge in [0.25, 0.3) is 0 Å². The van der Waals surface area contributed by atoms with Gasteiger partial charge in [0.05, 0.1) is 24.5 Å². The predicted octanol–water partition coefficient (Wildman–Crippen LogP) is 1.10. The van der Waals surface area contributed by atoms with Gasteiger partial charge in [0, 0.05) is 30.6 Å². The second kappa shape index (κ2) is 8.96. The zero-order chi connectivity index (χ0) is 22.2. The number of hydrogen-bond donors (Lipinski definition) is 1. The van der Waals surface area contributed by atoms with Crippen LogP contribution in [0.15, 0.2) is 12.7 Å². The van der Waals surface area contributed by atoms with Crippen LogP contribution in [0.3, 0.4) is 0 Å². The number of amides is 2. The van der Waals surface area contributed by atoms with Crippen molar-refractivity contribution in [2.45, 2.75) is 62.2 Å². The van der Waals surface area contributed by atoms with Crippen LogP contribution < -0.4 is 0 Å². The molecular weight excluding hydrogens is 456 g/mol. The van der Waals surface area contributed by atoms with E-state index in [0.717, 1.165) is 0 Å². The molecule has 2 amide bonds. The molecule has 3 aliphatic rings. The molecule has 2 bridgehead atoms. The Morgan fingerprint density at radius 1 is 1.50 bits per heavy atom. The van der Waals surface area contributed by atoms with Crippen LogP contribution in [0.25, 0.3) is 0 Å². The Bertz CT molecular complexity index is 716. The number of ether oxygens (including phenoxy) is 2. The number of hydrogen-bond acceptors (Lipinski definition) is 6. The average molecular weight is 487 g/mol. The number of esters is 1. The van der Waals surface area contributed by atoms with Gasteiger partial charge in [-0.25, -0.2) is 0 Å². The third-order valence-corrected chi connectivity index (χ3v) is 7.22. The van der Waals surface area contributed by atoms with E-state index in [9.17, 15) is 19.5 Å². The molecule has 1 N–H and O–H groups in total. The molecule has 6 atom stereocenters. The third-order valence-electron chi connectivity index (χ3n) is 6.37. The number of aliphatic hydroxyl groups is 1. The Balaban J connectivity index is 2.05. The van der Waals surface area contributed by atoms with Crippen molar-refractivity contribution in [2.75, 3.05) is 26.3 Å². The highest BCUT2D eigenvalue weighted by Crippen LogP contribution is 2.60. The molecule has 1 spiro atoms. The number of likely N-dealkylation sites (tertiary alicyclic amines) is 1. The third kappa shape index (κ3) is 3.48. The van der Waals surface area contributed by atoms with Gasteiger partial charge in [-0.2, -0.15) is 0 Å². The van der Waals surface area contributed by atoms with Gasteiger partial charge >= 0.3 is 5.97 Å². The van der Waals surface area contributed by atoms with Crippen LogP contribution in [-0.2, 0) is 23.9 Å². The molecule has 0 aliphatic carbocycles. The van der Waals surface area contributed by atoms with Crippen molar-refractivity contribution >= 4 is 33.7 Å². The van der Waals surface area contributed by atoms with E-state index in [0.29, 0.717) is 19.4 Å². The molecule has 3 saturated heterocycles. The molecular formula is C21H31BrN2O6. The summed E-state index contributed by atoms with van der Waals surface area (Å²) in [6.07, 6.45) is 1.94. The lowest BCUT2D eigenvalue weighted by Crippen LogP contribution is -2.58. The van der Waals surface area contributed by atoms with Crippen LogP contribution in [0.2, 0.25) is 0 Å². The number of rotatable bonds is 9. The molecule has 3 rings (SSSR count). The lowest BCUT2D eigenvalue weighted by Gasteiger charge is -2.38. The van der Waals surface area contributed by atoms with E-state index in [2.05, 4.69) is 22.5 Å². The van der Waals surface area contributed by atoms with E-state index in [1.54, 1.807) is 17.9 Å². The summed E-state index contributed by atoms with van der Waals surface area (Å²) in [6, 6.07) is -0.951. The zero-order valence-corrected chi connectivity index (χ0v) is 19.3. The minimum absolute atomic E-state index is 0.0973. The summed E-state index contributed by atoms with van der Waals surface area (Å²) in [7, 11) is 0. The number of carbonyl (C=O) groups is 3. The first-order valence-corrected chi connectivity index (χ1v) is 11.5. The molecule has 3 aliphatic heterocycles. The van der Waals surface area contributed by atoms with Crippen molar-refractivity contribution in [3.63, 3.8) is 0 Å². The first-order chi connectivity index (χ1) is 14.2. The van der Waals surface area contributed by atoms with Gasteiger partial charge in [-0.05, 0) is 33.6 Å². The largest absolute Gasteiger partial charge is 0.466 e. The van der Waals surface area contributed by atoms with Crippen LogP contribution in [0.4, 0.5) is 0 Å². The number of fused-ring (bicyclic) bond motifs is 1. The Labute approximate surface area is 185 Å². The number of aliphatic hydroxyl groups excluding tert-OH is 1. The predicted molar refractivity (Wildman–Crippen MR) is 113 cm³/mol. The molecule has 0 aromatic rings. The lowest BCUT2D eigenvalue weighted by molar-refractivity contribution is -0.155. The molecule has 30 heavy (non-hydrogen) atoms. The highest BCUT2D eigenvalue weighted by molar-refractivity contribution is 9.09. The SMILES string of the molecule is C=CCN(C(=O)[C@@H]1N(CCCO)C(=O)[C@H]2[C@H](C(=O)OCC)[C@H]3O[C@@]12CC3Br)C(C)C. The van der Waals surface area contributed by atoms with Crippen LogP contribution in [-0.4, -0.2) is 87.6 Å². The number of carbonyl (C=O) groups excluding carboxylic acids is 3. The van der Waals surface area contributed by atoms with Crippen LogP contribution >= 0.6 is 15.9 Å². The molecule has 0 aromatic carbocycles. The monoisotopic (exact) mass is 486 g/mol. The summed E-state index contributed by atoms with van der Waals surface area (Å²) in [6.45, 7) is 9.96. The van der Waals surface area contributed by atoms with Gasteiger partial charge in [0.2, 0.25) is 11.8 Å². The minimum atomic E-state index is -1.09. The Hall–Kier alpha value is -1.45. The van der Waals surface area contributed by atoms with Crippen LogP contribution in [0.1, 0.15) is 33.6 Å². The van der Waals surface area contributed by atoms with Gasteiger partial charge < -0.3 is 24.4 Å². The van der Waals surface area contributed by atoms with E-state index in [-0.39, 0.29) is 42.4 Å². The van der Waals surface area contributed by atoms with Crippen LogP contribution in [0.5, 0.6) is 0 Å². The number of halogens is 1. The molecule has 3 fully saturated rings. The Kier molecular flexibility index (Phi) is 6.94. The van der Waals surface area contributed by atoms with Gasteiger partial charge in [0.1, 0.15) is 11.6 Å². The van der Waals surface area contributed by atoms with E-state index in [1.807, 2.05) is 13.8 Å². The van der Waals surface area contributed by atoms with Crippen molar-refractivity contribution in [2.24, 2.45) is 11.8 Å². The molecule has 0 saturated carbocycles. The Morgan fingerprint density at radius 3 is 2.77 bits per heavy atom. The topological polar surface area (TPSA) is 96.4 Å². The lowest BCUT2D eigenvalue weighted by atomic mass is 9.70. The summed E-state index contributed by atoms with van der Waals surface area (Å²) in [5, 5.41) is 9.34. The maximum Gasteiger partial charge on any atom is 0.312 e. The fourth-order valence-corrected chi connectivity index (χ4v) is 6.19. The fraction of sp³-hybridized carbons (Fsp3) is 0.762. The normalized spacial score (nSPS) is 34.4. The first-order valence-electron chi connectivity index (χ1n) is 10.6. The van der Waals surface area contributed by atoms with E-state index < -0.39 is 35.6 Å². The molecule has 0 radical (unpaired) electrons. The van der Waals surface area contributed by atoms with Crippen molar-refractivity contribution in [1.82, 2.24) is 9.80 Å². The highest BCUT2D eigenvalue weighted by atomic mass is 79.9. The molecule has 168 valence electrons. The average Bonchev–Trinajstić information content (AvgIpc) is 3.27. The van der Waals surface area contributed by atoms with Crippen molar-refractivity contribution < 1.29 is 29.0 Å². The highest BCUT2D eigenvalue weighted by Gasteiger charge is 2.77. The number of nitrogens with zero attached hydrogens (tertiary/aromatic N) is 2. The number of alkyl halides is 1. The smallest absolute Gasteiger partial charge is 0.312 e. The zero-order valence-electron chi connectivity index (χ0n) is 17.8. The molecule has 3 heterocycles. The van der Waals surface area contributed by atoms with Gasteiger partial charge in [0.15, 0.2) is 0 Å². The summed E-state index contributed by atoms with van der Waals surface area (Å²) in [4.78, 5) is 43.0. The van der Waals surface area contributed by atoms with Crippen LogP contribution in [0, 0.1) is 11.8 Å². The van der Waals surface area contributed by atoms with Gasteiger partial charge in [-0.3, -0.25) is 14.4 Å². The van der Waals surface area contributed by atoms with Crippen molar-refractivity contribution in [1.29, 1.82) is 0 Å². The summed E-state index contributed by atoms with van der Waals surface area (Å²) >= 11 is 3.61. The van der Waals surface area contributed by atoms with E-state index in [4.69, 9.17) is 9.47 Å². The first kappa shape index (κ1) is 23.2. The molecule has 9 heteroatoms. The minimum Gasteiger partial charge on any atom is -0.466 e. The molecule has 0 aromatic heterocycles. The second-order valence-electron chi connectivity index (χ2n) is 8.40. The standard InChI is InChI=1S/C21H31BrN2O6/c1-5-8-23(12(3)4)19(27)17-21-11-13(22)16(30-21)14(20(28)29-6-2)15(21)18(26)24(17)9-7-10-25/h5,12-17,25H,1,6-11H2,2-4H3/t13?,14-,15+,16-,17-,21+/m0/s1. The summed E-state index contributed by atoms with van der Waals surface area (Å²) in [5.74, 6) is -2.47. The molecule has 1 unspecified atom stereocenters. The second-order valence-corrected chi connectivity index (χ2v) is 9.57. The maximum atomic E-state index is 13.7. The summed E-state index contributed by atoms with van der Waals surface area (Å²) < 4.78 is 11.6. The molecule has 8 nitrogen and oxygen atoms in total. The van der Waals surface area contributed by atoms with E-state index >= 15 is 0 Å².